The molecule has 0 bridgehead atoms. The smallest absolute Gasteiger partial charge is 0.276 e. The second-order valence-corrected chi connectivity index (χ2v) is 7.06. The van der Waals surface area contributed by atoms with E-state index in [0.29, 0.717) is 17.3 Å². The summed E-state index contributed by atoms with van der Waals surface area (Å²) in [7, 11) is 0. The molecule has 0 aliphatic heterocycles. The van der Waals surface area contributed by atoms with Crippen molar-refractivity contribution in [3.05, 3.63) is 106 Å². The van der Waals surface area contributed by atoms with E-state index in [-0.39, 0.29) is 17.2 Å². The van der Waals surface area contributed by atoms with Gasteiger partial charge in [0.2, 0.25) is 0 Å². The van der Waals surface area contributed by atoms with Crippen LogP contribution in [0.15, 0.2) is 77.6 Å². The molecule has 0 aliphatic carbocycles. The Morgan fingerprint density at radius 3 is 2.17 bits per heavy atom. The van der Waals surface area contributed by atoms with Crippen LogP contribution in [-0.2, 0) is 6.54 Å². The first-order valence-corrected chi connectivity index (χ1v) is 9.46. The summed E-state index contributed by atoms with van der Waals surface area (Å²) in [4.78, 5) is 26.1. The van der Waals surface area contributed by atoms with Gasteiger partial charge < -0.3 is 5.32 Å². The predicted octanol–water partition coefficient (Wildman–Crippen LogP) is 4.31. The Morgan fingerprint density at radius 1 is 0.862 bits per heavy atom. The van der Waals surface area contributed by atoms with E-state index in [4.69, 9.17) is 0 Å². The highest BCUT2D eigenvalue weighted by Crippen LogP contribution is 2.21. The molecule has 4 aromatic rings. The van der Waals surface area contributed by atoms with E-state index in [2.05, 4.69) is 10.4 Å². The molecular weight excluding hydrogens is 362 g/mol. The lowest BCUT2D eigenvalue weighted by atomic mass is 10.1. The van der Waals surface area contributed by atoms with Crippen LogP contribution in [0.3, 0.4) is 0 Å². The molecule has 1 amide bonds. The molecule has 0 aliphatic rings. The van der Waals surface area contributed by atoms with Crippen LogP contribution in [0.5, 0.6) is 0 Å². The summed E-state index contributed by atoms with van der Waals surface area (Å²) in [6.45, 7) is 4.20. The number of para-hydroxylation sites is 1. The van der Waals surface area contributed by atoms with Gasteiger partial charge in [-0.3, -0.25) is 9.59 Å². The SMILES string of the molecule is Cc1cccc(C)c1NC(=O)c1nn(Cc2ccccc2)c(=O)c2ccccc12. The minimum Gasteiger partial charge on any atom is -0.320 e. The Balaban J connectivity index is 1.82. The van der Waals surface area contributed by atoms with Crippen LogP contribution in [0, 0.1) is 13.8 Å². The highest BCUT2D eigenvalue weighted by molar-refractivity contribution is 6.11. The second-order valence-electron chi connectivity index (χ2n) is 7.06. The highest BCUT2D eigenvalue weighted by Gasteiger charge is 2.18. The monoisotopic (exact) mass is 383 g/mol. The van der Waals surface area contributed by atoms with Crippen molar-refractivity contribution in [3.8, 4) is 0 Å². The zero-order valence-electron chi connectivity index (χ0n) is 16.3. The van der Waals surface area contributed by atoms with Crippen LogP contribution < -0.4 is 10.9 Å². The fraction of sp³-hybridized carbons (Fsp3) is 0.125. The number of anilines is 1. The molecule has 1 N–H and O–H groups in total. The maximum Gasteiger partial charge on any atom is 0.276 e. The molecule has 29 heavy (non-hydrogen) atoms. The second kappa shape index (κ2) is 7.72. The summed E-state index contributed by atoms with van der Waals surface area (Å²) in [6, 6.07) is 22.6. The zero-order chi connectivity index (χ0) is 20.4. The largest absolute Gasteiger partial charge is 0.320 e. The molecule has 3 aromatic carbocycles. The number of aryl methyl sites for hydroxylation is 2. The molecule has 1 aromatic heterocycles. The first-order chi connectivity index (χ1) is 14.0. The summed E-state index contributed by atoms with van der Waals surface area (Å²) in [5.41, 5.74) is 3.68. The highest BCUT2D eigenvalue weighted by atomic mass is 16.2. The zero-order valence-corrected chi connectivity index (χ0v) is 16.3. The van der Waals surface area contributed by atoms with Gasteiger partial charge in [-0.05, 0) is 36.6 Å². The average molecular weight is 383 g/mol. The molecule has 0 saturated carbocycles. The van der Waals surface area contributed by atoms with Crippen molar-refractivity contribution in [2.24, 2.45) is 0 Å². The van der Waals surface area contributed by atoms with Gasteiger partial charge in [-0.15, -0.1) is 0 Å². The van der Waals surface area contributed by atoms with Crippen molar-refractivity contribution in [1.82, 2.24) is 9.78 Å². The minimum absolute atomic E-state index is 0.215. The summed E-state index contributed by atoms with van der Waals surface area (Å²) in [5, 5.41) is 8.45. The molecule has 0 radical (unpaired) electrons. The lowest BCUT2D eigenvalue weighted by Gasteiger charge is -2.14. The number of hydrogen-bond acceptors (Lipinski definition) is 3. The number of benzene rings is 3. The van der Waals surface area contributed by atoms with E-state index in [1.807, 2.05) is 62.4 Å². The first kappa shape index (κ1) is 18.6. The van der Waals surface area contributed by atoms with Crippen molar-refractivity contribution < 1.29 is 4.79 Å². The van der Waals surface area contributed by atoms with Gasteiger partial charge in [-0.1, -0.05) is 66.7 Å². The van der Waals surface area contributed by atoms with Gasteiger partial charge in [0.25, 0.3) is 11.5 Å². The Hall–Kier alpha value is -3.73. The van der Waals surface area contributed by atoms with Crippen molar-refractivity contribution in [1.29, 1.82) is 0 Å². The third-order valence-corrected chi connectivity index (χ3v) is 4.98. The van der Waals surface area contributed by atoms with E-state index in [0.717, 1.165) is 22.4 Å². The molecule has 4 rings (SSSR count). The number of rotatable bonds is 4. The Kier molecular flexibility index (Phi) is 4.96. The summed E-state index contributed by atoms with van der Waals surface area (Å²) in [6.07, 6.45) is 0. The van der Waals surface area contributed by atoms with Crippen molar-refractivity contribution in [2.75, 3.05) is 5.32 Å². The standard InChI is InChI=1S/C24H21N3O2/c1-16-9-8-10-17(2)21(16)25-23(28)22-19-13-6-7-14-20(19)24(29)27(26-22)15-18-11-4-3-5-12-18/h3-14H,15H2,1-2H3,(H,25,28). The third-order valence-electron chi connectivity index (χ3n) is 4.98. The van der Waals surface area contributed by atoms with Gasteiger partial charge in [-0.25, -0.2) is 4.68 Å². The van der Waals surface area contributed by atoms with Crippen molar-refractivity contribution in [3.63, 3.8) is 0 Å². The number of nitrogens with zero attached hydrogens (tertiary/aromatic N) is 2. The number of amides is 1. The van der Waals surface area contributed by atoms with E-state index < -0.39 is 0 Å². The maximum atomic E-state index is 13.2. The van der Waals surface area contributed by atoms with Gasteiger partial charge in [0.15, 0.2) is 5.69 Å². The normalized spacial score (nSPS) is 10.8. The molecular formula is C24H21N3O2. The van der Waals surface area contributed by atoms with E-state index in [9.17, 15) is 9.59 Å². The van der Waals surface area contributed by atoms with Crippen molar-refractivity contribution in [2.45, 2.75) is 20.4 Å². The first-order valence-electron chi connectivity index (χ1n) is 9.46. The molecule has 1 heterocycles. The van der Waals surface area contributed by atoms with Gasteiger partial charge in [0.05, 0.1) is 11.9 Å². The molecule has 0 fully saturated rings. The summed E-state index contributed by atoms with van der Waals surface area (Å²) in [5.74, 6) is -0.333. The number of carbonyl (C=O) groups excluding carboxylic acids is 1. The van der Waals surface area contributed by atoms with Crippen LogP contribution in [0.2, 0.25) is 0 Å². The lowest BCUT2D eigenvalue weighted by Crippen LogP contribution is -2.28. The number of carbonyl (C=O) groups is 1. The van der Waals surface area contributed by atoms with E-state index >= 15 is 0 Å². The molecule has 0 spiro atoms. The minimum atomic E-state index is -0.333. The predicted molar refractivity (Wildman–Crippen MR) is 115 cm³/mol. The van der Waals surface area contributed by atoms with Crippen molar-refractivity contribution >= 4 is 22.4 Å². The number of hydrogen-bond donors (Lipinski definition) is 1. The lowest BCUT2D eigenvalue weighted by molar-refractivity contribution is 0.102. The Morgan fingerprint density at radius 2 is 1.48 bits per heavy atom. The van der Waals surface area contributed by atoms with Gasteiger partial charge >= 0.3 is 0 Å². The van der Waals surface area contributed by atoms with Crippen LogP contribution in [0.4, 0.5) is 5.69 Å². The van der Waals surface area contributed by atoms with Crippen LogP contribution in [-0.4, -0.2) is 15.7 Å². The number of fused-ring (bicyclic) bond motifs is 1. The molecule has 0 atom stereocenters. The molecule has 0 unspecified atom stereocenters. The van der Waals surface area contributed by atoms with Crippen LogP contribution >= 0.6 is 0 Å². The molecule has 5 heteroatoms. The Labute approximate surface area is 168 Å². The topological polar surface area (TPSA) is 64.0 Å². The summed E-state index contributed by atoms with van der Waals surface area (Å²) < 4.78 is 1.36. The van der Waals surface area contributed by atoms with Gasteiger partial charge in [-0.2, -0.15) is 5.10 Å². The average Bonchev–Trinajstić information content (AvgIpc) is 2.73. The number of aromatic nitrogens is 2. The van der Waals surface area contributed by atoms with E-state index in [1.165, 1.54) is 4.68 Å². The van der Waals surface area contributed by atoms with E-state index in [1.54, 1.807) is 24.3 Å². The Bertz CT molecular complexity index is 1240. The fourth-order valence-electron chi connectivity index (χ4n) is 3.45. The molecule has 144 valence electrons. The van der Waals surface area contributed by atoms with Gasteiger partial charge in [0, 0.05) is 11.1 Å². The quantitative estimate of drug-likeness (QED) is 0.571. The number of nitrogens with one attached hydrogen (secondary N) is 1. The van der Waals surface area contributed by atoms with Gasteiger partial charge in [0.1, 0.15) is 0 Å². The maximum absolute atomic E-state index is 13.2. The fourth-order valence-corrected chi connectivity index (χ4v) is 3.45. The summed E-state index contributed by atoms with van der Waals surface area (Å²) >= 11 is 0. The third kappa shape index (κ3) is 3.67. The van der Waals surface area contributed by atoms with Crippen LogP contribution in [0.25, 0.3) is 10.8 Å². The van der Waals surface area contributed by atoms with Crippen LogP contribution in [0.1, 0.15) is 27.2 Å². The molecule has 0 saturated heterocycles. The molecule has 5 nitrogen and oxygen atoms in total.